The Morgan fingerprint density at radius 3 is 2.33 bits per heavy atom. The summed E-state index contributed by atoms with van der Waals surface area (Å²) in [7, 11) is 0. The normalized spacial score (nSPS) is 14.5. The van der Waals surface area contributed by atoms with Crippen LogP contribution in [-0.4, -0.2) is 42.3 Å². The van der Waals surface area contributed by atoms with Crippen molar-refractivity contribution in [2.75, 3.05) is 18.4 Å². The van der Waals surface area contributed by atoms with Crippen LogP contribution < -0.4 is 10.6 Å². The number of nitrogens with one attached hydrogen (secondary N) is 2. The Labute approximate surface area is 158 Å². The summed E-state index contributed by atoms with van der Waals surface area (Å²) in [4.78, 5) is 37.3. The second-order valence-electron chi connectivity index (χ2n) is 6.69. The highest BCUT2D eigenvalue weighted by Gasteiger charge is 2.25. The van der Waals surface area contributed by atoms with Crippen molar-refractivity contribution in [1.82, 2.24) is 10.2 Å². The Hall–Kier alpha value is -3.15. The van der Waals surface area contributed by atoms with Gasteiger partial charge in [0.15, 0.2) is 0 Å². The van der Waals surface area contributed by atoms with Gasteiger partial charge in [-0.3, -0.25) is 14.4 Å². The molecule has 6 heteroatoms. The van der Waals surface area contributed by atoms with Gasteiger partial charge in [0.2, 0.25) is 6.41 Å². The Kier molecular flexibility index (Phi) is 5.86. The number of carbonyl (C=O) groups is 3. The van der Waals surface area contributed by atoms with Gasteiger partial charge in [-0.2, -0.15) is 0 Å². The number of hydrogen-bond donors (Lipinski definition) is 2. The second kappa shape index (κ2) is 8.49. The average Bonchev–Trinajstić information content (AvgIpc) is 2.69. The number of rotatable bonds is 5. The third-order valence-corrected chi connectivity index (χ3v) is 4.86. The van der Waals surface area contributed by atoms with Gasteiger partial charge in [-0.05, 0) is 55.7 Å². The summed E-state index contributed by atoms with van der Waals surface area (Å²) in [6.45, 7) is 3.13. The molecule has 1 saturated heterocycles. The van der Waals surface area contributed by atoms with Gasteiger partial charge in [-0.25, -0.2) is 0 Å². The molecule has 0 radical (unpaired) electrons. The number of aryl methyl sites for hydroxylation is 1. The minimum absolute atomic E-state index is 0.0312. The van der Waals surface area contributed by atoms with Crippen LogP contribution in [0.3, 0.4) is 0 Å². The predicted octanol–water partition coefficient (Wildman–Crippen LogP) is 2.60. The lowest BCUT2D eigenvalue weighted by Crippen LogP contribution is -2.46. The monoisotopic (exact) mass is 365 g/mol. The lowest BCUT2D eigenvalue weighted by Gasteiger charge is -2.32. The maximum Gasteiger partial charge on any atom is 0.253 e. The molecule has 2 N–H and O–H groups in total. The van der Waals surface area contributed by atoms with Gasteiger partial charge >= 0.3 is 0 Å². The van der Waals surface area contributed by atoms with Crippen LogP contribution in [0.25, 0.3) is 0 Å². The predicted molar refractivity (Wildman–Crippen MR) is 104 cm³/mol. The summed E-state index contributed by atoms with van der Waals surface area (Å²) in [5.74, 6) is -0.0903. The van der Waals surface area contributed by atoms with Crippen LogP contribution in [0.4, 0.5) is 5.69 Å². The molecular formula is C21H23N3O3. The van der Waals surface area contributed by atoms with E-state index in [0.29, 0.717) is 36.3 Å². The van der Waals surface area contributed by atoms with E-state index in [4.69, 9.17) is 0 Å². The molecule has 1 aliphatic rings. The van der Waals surface area contributed by atoms with Crippen LogP contribution in [0.5, 0.6) is 0 Å². The van der Waals surface area contributed by atoms with E-state index in [9.17, 15) is 14.4 Å². The molecule has 0 aliphatic carbocycles. The van der Waals surface area contributed by atoms with Gasteiger partial charge < -0.3 is 15.5 Å². The zero-order valence-corrected chi connectivity index (χ0v) is 15.3. The zero-order chi connectivity index (χ0) is 19.2. The average molecular weight is 365 g/mol. The highest BCUT2D eigenvalue weighted by Crippen LogP contribution is 2.17. The number of piperidine rings is 1. The number of benzene rings is 2. The Morgan fingerprint density at radius 1 is 1.04 bits per heavy atom. The van der Waals surface area contributed by atoms with Crippen LogP contribution in [0, 0.1) is 6.92 Å². The lowest BCUT2D eigenvalue weighted by molar-refractivity contribution is -0.105. The number of nitrogens with zero attached hydrogens (tertiary/aromatic N) is 1. The van der Waals surface area contributed by atoms with E-state index in [0.717, 1.165) is 18.4 Å². The minimum atomic E-state index is -0.0591. The van der Waals surface area contributed by atoms with E-state index < -0.39 is 0 Å². The quantitative estimate of drug-likeness (QED) is 0.800. The first-order valence-corrected chi connectivity index (χ1v) is 9.04. The summed E-state index contributed by atoms with van der Waals surface area (Å²) < 4.78 is 0. The van der Waals surface area contributed by atoms with Crippen molar-refractivity contribution >= 4 is 23.9 Å². The summed E-state index contributed by atoms with van der Waals surface area (Å²) >= 11 is 0. The Balaban J connectivity index is 1.54. The number of likely N-dealkylation sites (tertiary alicyclic amines) is 1. The molecule has 0 saturated carbocycles. The van der Waals surface area contributed by atoms with E-state index in [-0.39, 0.29) is 17.9 Å². The van der Waals surface area contributed by atoms with Crippen molar-refractivity contribution < 1.29 is 14.4 Å². The smallest absolute Gasteiger partial charge is 0.253 e. The summed E-state index contributed by atoms with van der Waals surface area (Å²) in [5.41, 5.74) is 2.89. The standard InChI is InChI=1S/C21H23N3O3/c1-15-4-2-3-5-19(15)20(26)23-18-10-12-24(13-11-18)21(27)16-6-8-17(9-7-16)22-14-25/h2-9,14,18H,10-13H2,1H3,(H,22,25)(H,23,26). The fourth-order valence-corrected chi connectivity index (χ4v) is 3.28. The third-order valence-electron chi connectivity index (χ3n) is 4.86. The van der Waals surface area contributed by atoms with Gasteiger partial charge in [0.1, 0.15) is 0 Å². The summed E-state index contributed by atoms with van der Waals surface area (Å²) in [6, 6.07) is 14.4. The van der Waals surface area contributed by atoms with Crippen molar-refractivity contribution in [1.29, 1.82) is 0 Å². The third kappa shape index (κ3) is 4.53. The first-order valence-electron chi connectivity index (χ1n) is 9.04. The first-order chi connectivity index (χ1) is 13.1. The molecule has 0 unspecified atom stereocenters. The van der Waals surface area contributed by atoms with Gasteiger partial charge in [0, 0.05) is 35.9 Å². The van der Waals surface area contributed by atoms with Crippen LogP contribution in [0.15, 0.2) is 48.5 Å². The fraction of sp³-hybridized carbons (Fsp3) is 0.286. The number of carbonyl (C=O) groups excluding carboxylic acids is 3. The molecule has 6 nitrogen and oxygen atoms in total. The molecule has 1 heterocycles. The SMILES string of the molecule is Cc1ccccc1C(=O)NC1CCN(C(=O)c2ccc(NC=O)cc2)CC1. The highest BCUT2D eigenvalue weighted by molar-refractivity contribution is 5.96. The molecule has 140 valence electrons. The Bertz CT molecular complexity index is 825. The van der Waals surface area contributed by atoms with Crippen LogP contribution in [-0.2, 0) is 4.79 Å². The number of hydrogen-bond acceptors (Lipinski definition) is 3. The Morgan fingerprint density at radius 2 is 1.70 bits per heavy atom. The molecule has 1 fully saturated rings. The van der Waals surface area contributed by atoms with Crippen molar-refractivity contribution in [2.45, 2.75) is 25.8 Å². The largest absolute Gasteiger partial charge is 0.349 e. The van der Waals surface area contributed by atoms with E-state index in [2.05, 4.69) is 10.6 Å². The van der Waals surface area contributed by atoms with Crippen LogP contribution in [0.2, 0.25) is 0 Å². The van der Waals surface area contributed by atoms with Gasteiger partial charge in [0.05, 0.1) is 0 Å². The maximum atomic E-state index is 12.6. The molecule has 3 amide bonds. The summed E-state index contributed by atoms with van der Waals surface area (Å²) in [5, 5.41) is 5.63. The van der Waals surface area contributed by atoms with Gasteiger partial charge in [0.25, 0.3) is 11.8 Å². The van der Waals surface area contributed by atoms with E-state index >= 15 is 0 Å². The van der Waals surface area contributed by atoms with Gasteiger partial charge in [-0.15, -0.1) is 0 Å². The van der Waals surface area contributed by atoms with E-state index in [1.807, 2.05) is 31.2 Å². The molecule has 0 bridgehead atoms. The van der Waals surface area contributed by atoms with E-state index in [1.54, 1.807) is 29.2 Å². The molecule has 2 aromatic carbocycles. The lowest BCUT2D eigenvalue weighted by atomic mass is 10.0. The molecule has 2 aromatic rings. The van der Waals surface area contributed by atoms with Crippen molar-refractivity contribution in [3.05, 3.63) is 65.2 Å². The van der Waals surface area contributed by atoms with Crippen LogP contribution in [0.1, 0.15) is 39.1 Å². The fourth-order valence-electron chi connectivity index (χ4n) is 3.28. The molecule has 0 spiro atoms. The van der Waals surface area contributed by atoms with Crippen LogP contribution >= 0.6 is 0 Å². The zero-order valence-electron chi connectivity index (χ0n) is 15.3. The van der Waals surface area contributed by atoms with Crippen molar-refractivity contribution in [3.63, 3.8) is 0 Å². The maximum absolute atomic E-state index is 12.6. The minimum Gasteiger partial charge on any atom is -0.349 e. The molecular weight excluding hydrogens is 342 g/mol. The molecule has 27 heavy (non-hydrogen) atoms. The number of amides is 3. The van der Waals surface area contributed by atoms with Crippen molar-refractivity contribution in [2.24, 2.45) is 0 Å². The van der Waals surface area contributed by atoms with Crippen molar-refractivity contribution in [3.8, 4) is 0 Å². The van der Waals surface area contributed by atoms with E-state index in [1.165, 1.54) is 0 Å². The topological polar surface area (TPSA) is 78.5 Å². The number of anilines is 1. The highest BCUT2D eigenvalue weighted by atomic mass is 16.2. The molecule has 3 rings (SSSR count). The molecule has 1 aliphatic heterocycles. The second-order valence-corrected chi connectivity index (χ2v) is 6.69. The first kappa shape index (κ1) is 18.6. The molecule has 0 atom stereocenters. The summed E-state index contributed by atoms with van der Waals surface area (Å²) in [6.07, 6.45) is 2.06. The molecule has 0 aromatic heterocycles. The van der Waals surface area contributed by atoms with Gasteiger partial charge in [-0.1, -0.05) is 18.2 Å².